The molecule has 0 saturated carbocycles. The van der Waals surface area contributed by atoms with Gasteiger partial charge in [0.15, 0.2) is 9.84 Å². The number of hydrogen-bond donors (Lipinski definition) is 1. The van der Waals surface area contributed by atoms with Crippen LogP contribution >= 0.6 is 0 Å². The smallest absolute Gasteiger partial charge is 0.238 e. The Bertz CT molecular complexity index is 1080. The lowest BCUT2D eigenvalue weighted by Gasteiger charge is -2.36. The summed E-state index contributed by atoms with van der Waals surface area (Å²) in [6, 6.07) is 5.78. The molecule has 0 spiro atoms. The lowest BCUT2D eigenvalue weighted by molar-refractivity contribution is -0.117. The number of nitrogens with one attached hydrogen (secondary N) is 1. The first kappa shape index (κ1) is 21.8. The van der Waals surface area contributed by atoms with E-state index in [0.717, 1.165) is 43.3 Å². The normalized spacial score (nSPS) is 21.4. The van der Waals surface area contributed by atoms with Gasteiger partial charge in [0.2, 0.25) is 5.91 Å². The van der Waals surface area contributed by atoms with Gasteiger partial charge in [-0.2, -0.15) is 5.10 Å². The number of aryl methyl sites for hydroxylation is 1. The van der Waals surface area contributed by atoms with Crippen LogP contribution in [0, 0.1) is 19.7 Å². The average molecular weight is 450 g/mol. The van der Waals surface area contributed by atoms with Crippen LogP contribution < -0.4 is 10.2 Å². The Morgan fingerprint density at radius 3 is 2.61 bits per heavy atom. The molecule has 2 saturated heterocycles. The molecule has 1 atom stereocenters. The van der Waals surface area contributed by atoms with Crippen LogP contribution in [0.5, 0.6) is 0 Å². The van der Waals surface area contributed by atoms with E-state index < -0.39 is 9.84 Å². The third kappa shape index (κ3) is 4.90. The number of halogens is 1. The fourth-order valence-electron chi connectivity index (χ4n) is 4.54. The van der Waals surface area contributed by atoms with E-state index in [4.69, 9.17) is 0 Å². The van der Waals surface area contributed by atoms with E-state index in [0.29, 0.717) is 12.1 Å². The Kier molecular flexibility index (Phi) is 6.02. The van der Waals surface area contributed by atoms with Gasteiger partial charge in [-0.25, -0.2) is 12.8 Å². The summed E-state index contributed by atoms with van der Waals surface area (Å²) in [4.78, 5) is 16.6. The van der Waals surface area contributed by atoms with Gasteiger partial charge in [0, 0.05) is 31.9 Å². The largest absolute Gasteiger partial charge is 0.366 e. The van der Waals surface area contributed by atoms with Crippen molar-refractivity contribution in [1.29, 1.82) is 0 Å². The highest BCUT2D eigenvalue weighted by Crippen LogP contribution is 2.31. The second kappa shape index (κ2) is 8.58. The van der Waals surface area contributed by atoms with Gasteiger partial charge in [0.1, 0.15) is 5.82 Å². The van der Waals surface area contributed by atoms with E-state index in [9.17, 15) is 17.6 Å². The second-order valence-electron chi connectivity index (χ2n) is 8.34. The zero-order valence-electron chi connectivity index (χ0n) is 17.8. The second-order valence-corrected chi connectivity index (χ2v) is 10.6. The maximum Gasteiger partial charge on any atom is 0.238 e. The summed E-state index contributed by atoms with van der Waals surface area (Å²) >= 11 is 0. The maximum atomic E-state index is 13.3. The van der Waals surface area contributed by atoms with Crippen molar-refractivity contribution in [2.24, 2.45) is 0 Å². The van der Waals surface area contributed by atoms with E-state index in [-0.39, 0.29) is 35.8 Å². The van der Waals surface area contributed by atoms with Gasteiger partial charge in [-0.15, -0.1) is 0 Å². The molecule has 1 unspecified atom stereocenters. The topological polar surface area (TPSA) is 87.5 Å². The predicted octanol–water partition coefficient (Wildman–Crippen LogP) is 1.76. The highest BCUT2D eigenvalue weighted by atomic mass is 32.2. The van der Waals surface area contributed by atoms with Crippen molar-refractivity contribution in [3.63, 3.8) is 0 Å². The van der Waals surface area contributed by atoms with Crippen LogP contribution in [-0.2, 0) is 14.6 Å². The average Bonchev–Trinajstić information content (AvgIpc) is 3.21. The molecule has 1 N–H and O–H groups in total. The molecular weight excluding hydrogens is 421 g/mol. The molecule has 1 aromatic heterocycles. The fourth-order valence-corrected chi connectivity index (χ4v) is 6.23. The van der Waals surface area contributed by atoms with Gasteiger partial charge in [0.25, 0.3) is 0 Å². The number of nitrogens with zero attached hydrogens (tertiary/aromatic N) is 4. The number of hydrogen-bond acceptors (Lipinski definition) is 6. The summed E-state index contributed by atoms with van der Waals surface area (Å²) in [5.74, 6) is -0.167. The van der Waals surface area contributed by atoms with Crippen LogP contribution in [0.15, 0.2) is 24.3 Å². The molecule has 10 heteroatoms. The molecule has 0 radical (unpaired) electrons. The van der Waals surface area contributed by atoms with Crippen LogP contribution in [0.1, 0.15) is 23.9 Å². The zero-order chi connectivity index (χ0) is 22.2. The number of carbonyl (C=O) groups is 1. The molecule has 2 aliphatic heterocycles. The number of anilines is 2. The van der Waals surface area contributed by atoms with E-state index in [1.54, 1.807) is 12.1 Å². The molecule has 0 aliphatic carbocycles. The molecule has 31 heavy (non-hydrogen) atoms. The predicted molar refractivity (Wildman–Crippen MR) is 118 cm³/mol. The monoisotopic (exact) mass is 449 g/mol. The van der Waals surface area contributed by atoms with E-state index in [1.807, 2.05) is 18.5 Å². The Balaban J connectivity index is 1.35. The number of carbonyl (C=O) groups excluding carboxylic acids is 1. The number of sulfone groups is 1. The zero-order valence-corrected chi connectivity index (χ0v) is 18.7. The minimum atomic E-state index is -2.97. The minimum Gasteiger partial charge on any atom is -0.366 e. The van der Waals surface area contributed by atoms with Crippen molar-refractivity contribution in [3.05, 3.63) is 41.5 Å². The summed E-state index contributed by atoms with van der Waals surface area (Å²) in [5.41, 5.74) is 3.42. The van der Waals surface area contributed by atoms with Gasteiger partial charge in [-0.3, -0.25) is 14.4 Å². The van der Waals surface area contributed by atoms with Crippen LogP contribution in [0.2, 0.25) is 0 Å². The summed E-state index contributed by atoms with van der Waals surface area (Å²) in [6.45, 7) is 7.16. The van der Waals surface area contributed by atoms with Crippen LogP contribution in [0.4, 0.5) is 15.8 Å². The van der Waals surface area contributed by atoms with Gasteiger partial charge < -0.3 is 10.2 Å². The van der Waals surface area contributed by atoms with Gasteiger partial charge in [0.05, 0.1) is 41.2 Å². The third-order valence-corrected chi connectivity index (χ3v) is 7.76. The number of benzene rings is 1. The Labute approximate surface area is 181 Å². The quantitative estimate of drug-likeness (QED) is 0.749. The number of aromatic nitrogens is 2. The molecule has 1 amide bonds. The van der Waals surface area contributed by atoms with Gasteiger partial charge in [-0.05, 0) is 38.5 Å². The van der Waals surface area contributed by atoms with Crippen molar-refractivity contribution >= 4 is 27.1 Å². The molecule has 3 heterocycles. The maximum absolute atomic E-state index is 13.3. The molecule has 8 nitrogen and oxygen atoms in total. The highest BCUT2D eigenvalue weighted by Gasteiger charge is 2.32. The summed E-state index contributed by atoms with van der Waals surface area (Å²) in [7, 11) is -2.97. The van der Waals surface area contributed by atoms with Crippen molar-refractivity contribution in [1.82, 2.24) is 14.7 Å². The van der Waals surface area contributed by atoms with Crippen LogP contribution in [-0.4, -0.2) is 73.2 Å². The van der Waals surface area contributed by atoms with E-state index in [2.05, 4.69) is 20.2 Å². The van der Waals surface area contributed by atoms with Crippen molar-refractivity contribution in [2.75, 3.05) is 54.4 Å². The number of piperazine rings is 1. The summed E-state index contributed by atoms with van der Waals surface area (Å²) in [5, 5.41) is 7.39. The molecule has 2 aliphatic rings. The molecule has 2 fully saturated rings. The van der Waals surface area contributed by atoms with Crippen LogP contribution in [0.3, 0.4) is 0 Å². The molecule has 2 aromatic rings. The summed E-state index contributed by atoms with van der Waals surface area (Å²) < 4.78 is 38.9. The first-order chi connectivity index (χ1) is 14.7. The standard InChI is InChI=1S/C21H28FN5O3S/c1-15-21(16(2)27(24-15)19-6-11-31(29,30)14-19)26-9-7-25(8-10-26)13-20(28)23-18-5-3-4-17(22)12-18/h3-5,12,19H,6-11,13-14H2,1-2H3,(H,23,28). The lowest BCUT2D eigenvalue weighted by atomic mass is 10.2. The third-order valence-electron chi connectivity index (χ3n) is 6.01. The molecule has 168 valence electrons. The summed E-state index contributed by atoms with van der Waals surface area (Å²) in [6.07, 6.45) is 0.609. The van der Waals surface area contributed by atoms with Crippen molar-refractivity contribution in [2.45, 2.75) is 26.3 Å². The SMILES string of the molecule is Cc1nn(C2CCS(=O)(=O)C2)c(C)c1N1CCN(CC(=O)Nc2cccc(F)c2)CC1. The van der Waals surface area contributed by atoms with Gasteiger partial charge >= 0.3 is 0 Å². The fraction of sp³-hybridized carbons (Fsp3) is 0.524. The number of amides is 1. The van der Waals surface area contributed by atoms with E-state index >= 15 is 0 Å². The molecule has 4 rings (SSSR count). The minimum absolute atomic E-state index is 0.0924. The Morgan fingerprint density at radius 2 is 1.97 bits per heavy atom. The Morgan fingerprint density at radius 1 is 1.23 bits per heavy atom. The van der Waals surface area contributed by atoms with Crippen LogP contribution in [0.25, 0.3) is 0 Å². The van der Waals surface area contributed by atoms with E-state index in [1.165, 1.54) is 12.1 Å². The van der Waals surface area contributed by atoms with Crippen molar-refractivity contribution in [3.8, 4) is 0 Å². The number of rotatable bonds is 5. The lowest BCUT2D eigenvalue weighted by Crippen LogP contribution is -2.49. The Hall–Kier alpha value is -2.46. The first-order valence-corrected chi connectivity index (χ1v) is 12.3. The molecule has 1 aromatic carbocycles. The first-order valence-electron chi connectivity index (χ1n) is 10.5. The highest BCUT2D eigenvalue weighted by molar-refractivity contribution is 7.91. The molecule has 0 bridgehead atoms. The van der Waals surface area contributed by atoms with Crippen molar-refractivity contribution < 1.29 is 17.6 Å². The van der Waals surface area contributed by atoms with Gasteiger partial charge in [-0.1, -0.05) is 6.07 Å². The molecular formula is C21H28FN5O3S.